The van der Waals surface area contributed by atoms with Gasteiger partial charge in [0.25, 0.3) is 5.91 Å². The second-order valence-corrected chi connectivity index (χ2v) is 6.42. The van der Waals surface area contributed by atoms with Gasteiger partial charge in [-0.15, -0.1) is 0 Å². The third kappa shape index (κ3) is 4.10. The van der Waals surface area contributed by atoms with Gasteiger partial charge in [0.15, 0.2) is 5.78 Å². The molecule has 5 heteroatoms. The van der Waals surface area contributed by atoms with E-state index in [0.717, 1.165) is 18.6 Å². The molecular formula is C21H22FNO3. The van der Waals surface area contributed by atoms with E-state index >= 15 is 0 Å². The Hall–Kier alpha value is -2.69. The molecule has 1 aliphatic heterocycles. The Morgan fingerprint density at radius 2 is 1.73 bits per heavy atom. The number of ketones is 1. The van der Waals surface area contributed by atoms with Crippen molar-refractivity contribution in [2.75, 3.05) is 19.7 Å². The molecule has 0 aromatic heterocycles. The van der Waals surface area contributed by atoms with Crippen LogP contribution in [0.5, 0.6) is 5.75 Å². The Bertz CT molecular complexity index is 771. The minimum atomic E-state index is -0.372. The summed E-state index contributed by atoms with van der Waals surface area (Å²) in [6.45, 7) is 3.50. The number of carbonyl (C=O) groups is 2. The molecule has 0 radical (unpaired) electrons. The Morgan fingerprint density at radius 3 is 2.38 bits per heavy atom. The first-order valence-corrected chi connectivity index (χ1v) is 8.90. The van der Waals surface area contributed by atoms with Gasteiger partial charge >= 0.3 is 0 Å². The van der Waals surface area contributed by atoms with E-state index in [1.165, 1.54) is 24.3 Å². The first-order valence-electron chi connectivity index (χ1n) is 8.90. The molecule has 0 aliphatic carbocycles. The number of hydrogen-bond donors (Lipinski definition) is 0. The van der Waals surface area contributed by atoms with Crippen LogP contribution in [0.25, 0.3) is 0 Å². The smallest absolute Gasteiger partial charge is 0.253 e. The number of ether oxygens (including phenoxy) is 1. The summed E-state index contributed by atoms with van der Waals surface area (Å²) < 4.78 is 18.4. The first kappa shape index (κ1) is 18.1. The molecule has 4 nitrogen and oxygen atoms in total. The zero-order valence-electron chi connectivity index (χ0n) is 14.8. The van der Waals surface area contributed by atoms with E-state index < -0.39 is 0 Å². The van der Waals surface area contributed by atoms with Crippen molar-refractivity contribution in [2.45, 2.75) is 19.8 Å². The van der Waals surface area contributed by atoms with Gasteiger partial charge in [-0.05, 0) is 68.3 Å². The molecule has 1 heterocycles. The zero-order chi connectivity index (χ0) is 18.5. The minimum Gasteiger partial charge on any atom is -0.494 e. The average Bonchev–Trinajstić information content (AvgIpc) is 2.68. The summed E-state index contributed by atoms with van der Waals surface area (Å²) in [6.07, 6.45) is 1.54. The summed E-state index contributed by atoms with van der Waals surface area (Å²) in [6, 6.07) is 12.6. The van der Waals surface area contributed by atoms with Gasteiger partial charge in [0.2, 0.25) is 0 Å². The lowest BCUT2D eigenvalue weighted by molar-refractivity contribution is 0.0637. The molecule has 0 saturated carbocycles. The van der Waals surface area contributed by atoms with Crippen molar-refractivity contribution in [3.63, 3.8) is 0 Å². The highest BCUT2D eigenvalue weighted by Crippen LogP contribution is 2.23. The van der Waals surface area contributed by atoms with Gasteiger partial charge in [-0.1, -0.05) is 0 Å². The van der Waals surface area contributed by atoms with E-state index in [9.17, 15) is 14.0 Å². The van der Waals surface area contributed by atoms with Crippen LogP contribution in [-0.4, -0.2) is 36.3 Å². The number of likely N-dealkylation sites (tertiary alicyclic amines) is 1. The Balaban J connectivity index is 1.68. The maximum atomic E-state index is 13.0. The number of nitrogens with zero attached hydrogens (tertiary/aromatic N) is 1. The first-order chi connectivity index (χ1) is 12.6. The Morgan fingerprint density at radius 1 is 1.08 bits per heavy atom. The van der Waals surface area contributed by atoms with Crippen molar-refractivity contribution >= 4 is 11.7 Å². The normalized spacial score (nSPS) is 17.0. The number of halogens is 1. The van der Waals surface area contributed by atoms with Crippen molar-refractivity contribution in [3.05, 3.63) is 65.5 Å². The quantitative estimate of drug-likeness (QED) is 0.763. The van der Waals surface area contributed by atoms with Crippen molar-refractivity contribution < 1.29 is 18.7 Å². The maximum Gasteiger partial charge on any atom is 0.253 e. The molecule has 26 heavy (non-hydrogen) atoms. The minimum absolute atomic E-state index is 0.0460. The molecule has 0 spiro atoms. The molecule has 1 atom stereocenters. The lowest BCUT2D eigenvalue weighted by atomic mass is 9.89. The van der Waals surface area contributed by atoms with Gasteiger partial charge in [0.1, 0.15) is 11.6 Å². The van der Waals surface area contributed by atoms with E-state index in [2.05, 4.69) is 0 Å². The predicted molar refractivity (Wildman–Crippen MR) is 97.0 cm³/mol. The van der Waals surface area contributed by atoms with Gasteiger partial charge in [-0.3, -0.25) is 9.59 Å². The lowest BCUT2D eigenvalue weighted by Crippen LogP contribution is -2.42. The fourth-order valence-corrected chi connectivity index (χ4v) is 3.27. The van der Waals surface area contributed by atoms with Crippen molar-refractivity contribution in [3.8, 4) is 5.75 Å². The monoisotopic (exact) mass is 355 g/mol. The summed E-state index contributed by atoms with van der Waals surface area (Å²) in [7, 11) is 0. The fourth-order valence-electron chi connectivity index (χ4n) is 3.27. The van der Waals surface area contributed by atoms with Crippen LogP contribution in [-0.2, 0) is 0 Å². The molecule has 1 fully saturated rings. The third-order valence-electron chi connectivity index (χ3n) is 4.62. The number of hydrogen-bond acceptors (Lipinski definition) is 3. The van der Waals surface area contributed by atoms with Crippen molar-refractivity contribution in [1.82, 2.24) is 4.90 Å². The molecule has 2 aromatic rings. The van der Waals surface area contributed by atoms with E-state index in [0.29, 0.717) is 30.8 Å². The molecule has 136 valence electrons. The van der Waals surface area contributed by atoms with Gasteiger partial charge < -0.3 is 9.64 Å². The highest BCUT2D eigenvalue weighted by Gasteiger charge is 2.29. The number of piperidine rings is 1. The molecular weight excluding hydrogens is 333 g/mol. The van der Waals surface area contributed by atoms with Crippen LogP contribution in [0.2, 0.25) is 0 Å². The molecule has 1 unspecified atom stereocenters. The molecule has 2 aromatic carbocycles. The highest BCUT2D eigenvalue weighted by atomic mass is 19.1. The second kappa shape index (κ2) is 8.13. The molecule has 1 saturated heterocycles. The number of amides is 1. The SMILES string of the molecule is CCOc1ccc(C(=O)C2CCCN(C(=O)c3ccc(F)cc3)C2)cc1. The molecule has 0 N–H and O–H groups in total. The zero-order valence-corrected chi connectivity index (χ0v) is 14.8. The molecule has 1 aliphatic rings. The fraction of sp³-hybridized carbons (Fsp3) is 0.333. The standard InChI is InChI=1S/C21H22FNO3/c1-2-26-19-11-7-15(8-12-19)20(24)17-4-3-13-23(14-17)21(25)16-5-9-18(22)10-6-16/h5-12,17H,2-4,13-14H2,1H3. The average molecular weight is 355 g/mol. The van der Waals surface area contributed by atoms with E-state index in [4.69, 9.17) is 4.74 Å². The number of Topliss-reactive ketones (excluding diaryl/α,β-unsaturated/α-hetero) is 1. The van der Waals surface area contributed by atoms with Crippen LogP contribution in [0.1, 0.15) is 40.5 Å². The number of rotatable bonds is 5. The van der Waals surface area contributed by atoms with E-state index in [-0.39, 0.29) is 23.4 Å². The van der Waals surface area contributed by atoms with Crippen LogP contribution < -0.4 is 4.74 Å². The summed E-state index contributed by atoms with van der Waals surface area (Å²) in [4.78, 5) is 27.1. The summed E-state index contributed by atoms with van der Waals surface area (Å²) in [5.74, 6) is 0.0366. The van der Waals surface area contributed by atoms with Crippen LogP contribution in [0.4, 0.5) is 4.39 Å². The third-order valence-corrected chi connectivity index (χ3v) is 4.62. The van der Waals surface area contributed by atoms with Crippen LogP contribution in [0.15, 0.2) is 48.5 Å². The van der Waals surface area contributed by atoms with Crippen molar-refractivity contribution in [1.29, 1.82) is 0 Å². The Kier molecular flexibility index (Phi) is 5.66. The number of carbonyl (C=O) groups excluding carboxylic acids is 2. The van der Waals surface area contributed by atoms with Crippen LogP contribution in [0, 0.1) is 11.7 Å². The highest BCUT2D eigenvalue weighted by molar-refractivity contribution is 5.99. The summed E-state index contributed by atoms with van der Waals surface area (Å²) in [5, 5.41) is 0. The van der Waals surface area contributed by atoms with Gasteiger partial charge in [-0.2, -0.15) is 0 Å². The maximum absolute atomic E-state index is 13.0. The molecule has 0 bridgehead atoms. The summed E-state index contributed by atoms with van der Waals surface area (Å²) >= 11 is 0. The van der Waals surface area contributed by atoms with Gasteiger partial charge in [-0.25, -0.2) is 4.39 Å². The topological polar surface area (TPSA) is 46.6 Å². The summed E-state index contributed by atoms with van der Waals surface area (Å²) in [5.41, 5.74) is 1.08. The van der Waals surface area contributed by atoms with Gasteiger partial charge in [0, 0.05) is 30.1 Å². The molecule has 3 rings (SSSR count). The van der Waals surface area contributed by atoms with E-state index in [1.807, 2.05) is 6.92 Å². The number of benzene rings is 2. The van der Waals surface area contributed by atoms with Crippen LogP contribution in [0.3, 0.4) is 0 Å². The second-order valence-electron chi connectivity index (χ2n) is 6.42. The predicted octanol–water partition coefficient (Wildman–Crippen LogP) is 3.96. The lowest BCUT2D eigenvalue weighted by Gasteiger charge is -2.32. The van der Waals surface area contributed by atoms with Crippen LogP contribution >= 0.6 is 0 Å². The largest absolute Gasteiger partial charge is 0.494 e. The van der Waals surface area contributed by atoms with Crippen molar-refractivity contribution in [2.24, 2.45) is 5.92 Å². The Labute approximate surface area is 152 Å². The van der Waals surface area contributed by atoms with Gasteiger partial charge in [0.05, 0.1) is 6.61 Å². The molecule has 1 amide bonds. The van der Waals surface area contributed by atoms with E-state index in [1.54, 1.807) is 29.2 Å².